The van der Waals surface area contributed by atoms with Gasteiger partial charge < -0.3 is 10.6 Å². The van der Waals surface area contributed by atoms with Crippen LogP contribution in [0.5, 0.6) is 0 Å². The highest BCUT2D eigenvalue weighted by molar-refractivity contribution is 5.76. The van der Waals surface area contributed by atoms with Crippen molar-refractivity contribution in [2.75, 3.05) is 13.1 Å². The molecule has 1 heterocycles. The molecule has 86 valence electrons. The van der Waals surface area contributed by atoms with Crippen molar-refractivity contribution >= 4 is 5.84 Å². The van der Waals surface area contributed by atoms with Crippen molar-refractivity contribution < 1.29 is 0 Å². The quantitative estimate of drug-likeness (QED) is 0.549. The molecule has 1 aliphatic heterocycles. The van der Waals surface area contributed by atoms with Crippen LogP contribution in [0.3, 0.4) is 0 Å². The number of hydrogen-bond acceptors (Lipinski definition) is 2. The van der Waals surface area contributed by atoms with Gasteiger partial charge in [0.2, 0.25) is 0 Å². The van der Waals surface area contributed by atoms with Gasteiger partial charge in [-0.2, -0.15) is 0 Å². The molecular weight excluding hydrogens is 186 g/mol. The van der Waals surface area contributed by atoms with E-state index in [4.69, 9.17) is 11.1 Å². The summed E-state index contributed by atoms with van der Waals surface area (Å²) in [6.45, 7) is 2.44. The number of nitrogens with two attached hydrogens (primary N) is 1. The van der Waals surface area contributed by atoms with Crippen LogP contribution in [0, 0.1) is 11.3 Å². The topological polar surface area (TPSA) is 53.1 Å². The first-order chi connectivity index (χ1) is 7.27. The number of amidine groups is 1. The number of rotatable bonds is 4. The van der Waals surface area contributed by atoms with E-state index in [-0.39, 0.29) is 0 Å². The highest BCUT2D eigenvalue weighted by atomic mass is 15.2. The summed E-state index contributed by atoms with van der Waals surface area (Å²) in [6.07, 6.45) is 8.97. The molecule has 0 amide bonds. The van der Waals surface area contributed by atoms with E-state index in [0.29, 0.717) is 5.84 Å². The zero-order chi connectivity index (χ0) is 10.7. The lowest BCUT2D eigenvalue weighted by Crippen LogP contribution is -2.35. The van der Waals surface area contributed by atoms with Gasteiger partial charge >= 0.3 is 0 Å². The molecule has 0 bridgehead atoms. The Morgan fingerprint density at radius 2 is 2.07 bits per heavy atom. The third-order valence-corrected chi connectivity index (χ3v) is 4.02. The molecule has 2 aliphatic rings. The van der Waals surface area contributed by atoms with Crippen LogP contribution in [0.4, 0.5) is 0 Å². The van der Waals surface area contributed by atoms with Crippen LogP contribution < -0.4 is 5.73 Å². The van der Waals surface area contributed by atoms with Crippen molar-refractivity contribution in [3.63, 3.8) is 0 Å². The van der Waals surface area contributed by atoms with Gasteiger partial charge in [0.15, 0.2) is 0 Å². The van der Waals surface area contributed by atoms with Crippen molar-refractivity contribution in [2.45, 2.75) is 51.0 Å². The number of hydrogen-bond donors (Lipinski definition) is 2. The molecule has 2 atom stereocenters. The SMILES string of the molecule is N=C(N)CCCN1CCC2CCCCC21. The van der Waals surface area contributed by atoms with Crippen LogP contribution in [0.25, 0.3) is 0 Å². The smallest absolute Gasteiger partial charge is 0.0905 e. The molecule has 2 rings (SSSR count). The first-order valence-electron chi connectivity index (χ1n) is 6.34. The molecule has 0 radical (unpaired) electrons. The Bertz CT molecular complexity index is 227. The Kier molecular flexibility index (Phi) is 3.62. The first-order valence-corrected chi connectivity index (χ1v) is 6.34. The van der Waals surface area contributed by atoms with Gasteiger partial charge in [0.25, 0.3) is 0 Å². The summed E-state index contributed by atoms with van der Waals surface area (Å²) in [4.78, 5) is 2.65. The fourth-order valence-corrected chi connectivity index (χ4v) is 3.25. The van der Waals surface area contributed by atoms with E-state index >= 15 is 0 Å². The second-order valence-electron chi connectivity index (χ2n) is 5.07. The summed E-state index contributed by atoms with van der Waals surface area (Å²) < 4.78 is 0. The van der Waals surface area contributed by atoms with Gasteiger partial charge in [-0.15, -0.1) is 0 Å². The molecule has 3 N–H and O–H groups in total. The average molecular weight is 209 g/mol. The predicted molar refractivity (Wildman–Crippen MR) is 63.1 cm³/mol. The molecule has 1 saturated heterocycles. The maximum absolute atomic E-state index is 7.21. The standard InChI is InChI=1S/C12H23N3/c13-12(14)6-3-8-15-9-7-10-4-1-2-5-11(10)15/h10-11H,1-9H2,(H3,13,14). The molecule has 2 fully saturated rings. The Hall–Kier alpha value is -0.570. The van der Waals surface area contributed by atoms with Crippen molar-refractivity contribution in [1.29, 1.82) is 5.41 Å². The number of likely N-dealkylation sites (tertiary alicyclic amines) is 1. The van der Waals surface area contributed by atoms with Gasteiger partial charge in [-0.3, -0.25) is 5.41 Å². The number of nitrogens with one attached hydrogen (secondary N) is 1. The molecule has 0 aromatic carbocycles. The van der Waals surface area contributed by atoms with Crippen LogP contribution in [-0.4, -0.2) is 29.9 Å². The first kappa shape index (κ1) is 10.9. The van der Waals surface area contributed by atoms with Crippen LogP contribution in [0.15, 0.2) is 0 Å². The van der Waals surface area contributed by atoms with E-state index < -0.39 is 0 Å². The monoisotopic (exact) mass is 209 g/mol. The molecule has 0 aromatic rings. The van der Waals surface area contributed by atoms with E-state index in [0.717, 1.165) is 31.3 Å². The lowest BCUT2D eigenvalue weighted by Gasteiger charge is -2.31. The van der Waals surface area contributed by atoms with Gasteiger partial charge in [0, 0.05) is 12.5 Å². The van der Waals surface area contributed by atoms with Crippen LogP contribution in [0.2, 0.25) is 0 Å². The summed E-state index contributed by atoms with van der Waals surface area (Å²) in [5, 5.41) is 7.21. The molecular formula is C12H23N3. The minimum Gasteiger partial charge on any atom is -0.388 e. The largest absolute Gasteiger partial charge is 0.388 e. The van der Waals surface area contributed by atoms with Crippen molar-refractivity contribution in [3.05, 3.63) is 0 Å². The molecule has 3 nitrogen and oxygen atoms in total. The van der Waals surface area contributed by atoms with Crippen LogP contribution >= 0.6 is 0 Å². The van der Waals surface area contributed by atoms with E-state index in [9.17, 15) is 0 Å². The predicted octanol–water partition coefficient (Wildman–Crippen LogP) is 1.97. The molecule has 15 heavy (non-hydrogen) atoms. The minimum atomic E-state index is 0.342. The van der Waals surface area contributed by atoms with Crippen molar-refractivity contribution in [2.24, 2.45) is 11.7 Å². The third-order valence-electron chi connectivity index (χ3n) is 4.02. The fraction of sp³-hybridized carbons (Fsp3) is 0.917. The molecule has 1 aliphatic carbocycles. The summed E-state index contributed by atoms with van der Waals surface area (Å²) in [5.41, 5.74) is 5.37. The Morgan fingerprint density at radius 1 is 1.27 bits per heavy atom. The Labute approximate surface area is 92.5 Å². The van der Waals surface area contributed by atoms with Gasteiger partial charge in [0.1, 0.15) is 0 Å². The lowest BCUT2D eigenvalue weighted by atomic mass is 9.85. The highest BCUT2D eigenvalue weighted by Crippen LogP contribution is 2.35. The zero-order valence-corrected chi connectivity index (χ0v) is 9.54. The van der Waals surface area contributed by atoms with E-state index in [2.05, 4.69) is 4.90 Å². The normalized spacial score (nSPS) is 31.5. The van der Waals surface area contributed by atoms with Crippen LogP contribution in [-0.2, 0) is 0 Å². The Balaban J connectivity index is 1.75. The summed E-state index contributed by atoms with van der Waals surface area (Å²) in [6, 6.07) is 0.866. The van der Waals surface area contributed by atoms with E-state index in [1.54, 1.807) is 0 Å². The lowest BCUT2D eigenvalue weighted by molar-refractivity contribution is 0.182. The van der Waals surface area contributed by atoms with Gasteiger partial charge in [-0.25, -0.2) is 0 Å². The number of fused-ring (bicyclic) bond motifs is 1. The van der Waals surface area contributed by atoms with Gasteiger partial charge in [-0.1, -0.05) is 12.8 Å². The van der Waals surface area contributed by atoms with Crippen LogP contribution in [0.1, 0.15) is 44.9 Å². The molecule has 0 spiro atoms. The van der Waals surface area contributed by atoms with Crippen molar-refractivity contribution in [3.8, 4) is 0 Å². The number of nitrogens with zero attached hydrogens (tertiary/aromatic N) is 1. The molecule has 1 saturated carbocycles. The second kappa shape index (κ2) is 4.97. The summed E-state index contributed by atoms with van der Waals surface area (Å²) in [7, 11) is 0. The third kappa shape index (κ3) is 2.71. The minimum absolute atomic E-state index is 0.342. The highest BCUT2D eigenvalue weighted by Gasteiger charge is 2.34. The van der Waals surface area contributed by atoms with Gasteiger partial charge in [-0.05, 0) is 44.7 Å². The van der Waals surface area contributed by atoms with Gasteiger partial charge in [0.05, 0.1) is 5.84 Å². The zero-order valence-electron chi connectivity index (χ0n) is 9.54. The second-order valence-corrected chi connectivity index (χ2v) is 5.07. The fourth-order valence-electron chi connectivity index (χ4n) is 3.25. The summed E-state index contributed by atoms with van der Waals surface area (Å²) in [5.74, 6) is 1.32. The van der Waals surface area contributed by atoms with Crippen molar-refractivity contribution in [1.82, 2.24) is 4.90 Å². The summed E-state index contributed by atoms with van der Waals surface area (Å²) >= 11 is 0. The molecule has 3 heteroatoms. The van der Waals surface area contributed by atoms with E-state index in [1.165, 1.54) is 38.6 Å². The molecule has 0 aromatic heterocycles. The average Bonchev–Trinajstić information content (AvgIpc) is 2.62. The Morgan fingerprint density at radius 3 is 2.87 bits per heavy atom. The maximum Gasteiger partial charge on any atom is 0.0905 e. The maximum atomic E-state index is 7.21. The molecule has 2 unspecified atom stereocenters. The van der Waals surface area contributed by atoms with E-state index in [1.807, 2.05) is 0 Å².